The molecule has 126 valence electrons. The first-order valence-electron chi connectivity index (χ1n) is 8.17. The third-order valence-electron chi connectivity index (χ3n) is 5.39. The largest absolute Gasteiger partial charge is 0.469 e. The minimum absolute atomic E-state index is 0.0884. The molecule has 2 bridgehead atoms. The third kappa shape index (κ3) is 3.08. The van der Waals surface area contributed by atoms with Crippen LogP contribution in [0.25, 0.3) is 0 Å². The maximum Gasteiger partial charge on any atom is 0.310 e. The van der Waals surface area contributed by atoms with Gasteiger partial charge in [-0.3, -0.25) is 9.69 Å². The second kappa shape index (κ2) is 6.89. The lowest BCUT2D eigenvalue weighted by Gasteiger charge is -2.41. The molecule has 0 amide bonds. The van der Waals surface area contributed by atoms with Crippen molar-refractivity contribution in [2.75, 3.05) is 28.1 Å². The summed E-state index contributed by atoms with van der Waals surface area (Å²) >= 11 is 0. The monoisotopic (exact) mass is 319 g/mol. The van der Waals surface area contributed by atoms with Crippen molar-refractivity contribution in [3.63, 3.8) is 0 Å². The van der Waals surface area contributed by atoms with Crippen LogP contribution in [0.4, 0.5) is 0 Å². The summed E-state index contributed by atoms with van der Waals surface area (Å²) in [5, 5.41) is 0. The molecule has 0 aliphatic carbocycles. The number of fused-ring (bicyclic) bond motifs is 2. The van der Waals surface area contributed by atoms with Crippen molar-refractivity contribution in [3.8, 4) is 5.75 Å². The number of ether oxygens (including phenoxy) is 3. The van der Waals surface area contributed by atoms with Gasteiger partial charge in [0.25, 0.3) is 0 Å². The Hall–Kier alpha value is -1.59. The highest BCUT2D eigenvalue weighted by Crippen LogP contribution is 2.46. The Bertz CT molecular complexity index is 544. The number of esters is 1. The van der Waals surface area contributed by atoms with Crippen LogP contribution < -0.4 is 4.74 Å². The molecule has 23 heavy (non-hydrogen) atoms. The van der Waals surface area contributed by atoms with E-state index in [1.807, 2.05) is 12.1 Å². The molecule has 2 aliphatic rings. The highest BCUT2D eigenvalue weighted by atomic mass is 16.7. The summed E-state index contributed by atoms with van der Waals surface area (Å²) in [6, 6.07) is 8.88. The van der Waals surface area contributed by atoms with Crippen LogP contribution >= 0.6 is 0 Å². The zero-order valence-corrected chi connectivity index (χ0v) is 14.0. The molecule has 2 aliphatic heterocycles. The summed E-state index contributed by atoms with van der Waals surface area (Å²) in [4.78, 5) is 14.8. The van der Waals surface area contributed by atoms with E-state index in [0.29, 0.717) is 6.04 Å². The van der Waals surface area contributed by atoms with E-state index in [1.165, 1.54) is 19.1 Å². The third-order valence-corrected chi connectivity index (χ3v) is 5.39. The van der Waals surface area contributed by atoms with Crippen LogP contribution in [0.2, 0.25) is 0 Å². The van der Waals surface area contributed by atoms with Crippen molar-refractivity contribution in [3.05, 3.63) is 29.8 Å². The maximum atomic E-state index is 12.4. The van der Waals surface area contributed by atoms with Crippen molar-refractivity contribution in [2.24, 2.45) is 5.92 Å². The molecule has 0 N–H and O–H groups in total. The summed E-state index contributed by atoms with van der Waals surface area (Å²) in [6.07, 6.45) is 3.25. The van der Waals surface area contributed by atoms with E-state index in [-0.39, 0.29) is 30.6 Å². The first kappa shape index (κ1) is 16.3. The van der Waals surface area contributed by atoms with E-state index < -0.39 is 0 Å². The molecule has 5 heteroatoms. The number of piperidine rings is 1. The van der Waals surface area contributed by atoms with Crippen molar-refractivity contribution < 1.29 is 19.0 Å². The molecule has 1 aromatic rings. The smallest absolute Gasteiger partial charge is 0.310 e. The molecule has 0 radical (unpaired) electrons. The van der Waals surface area contributed by atoms with Crippen LogP contribution in [0.3, 0.4) is 0 Å². The Morgan fingerprint density at radius 1 is 1.22 bits per heavy atom. The van der Waals surface area contributed by atoms with Gasteiger partial charge in [-0.15, -0.1) is 0 Å². The fraction of sp³-hybridized carbons (Fsp3) is 0.611. The standard InChI is InChI=1S/C18H25NO4/c1-19-13-6-9-16(19)17(18(20)22-3)15(10-13)12-4-7-14(8-5-12)23-11-21-2/h4-5,7-8,13,15-17H,6,9-11H2,1-3H3/t13-,15+,16+,17-/m0/s1. The Labute approximate surface area is 137 Å². The Kier molecular flexibility index (Phi) is 4.87. The number of carbonyl (C=O) groups excluding carboxylic acids is 1. The minimum Gasteiger partial charge on any atom is -0.469 e. The fourth-order valence-corrected chi connectivity index (χ4v) is 4.21. The lowest BCUT2D eigenvalue weighted by atomic mass is 9.76. The van der Waals surface area contributed by atoms with Crippen LogP contribution in [0.15, 0.2) is 24.3 Å². The van der Waals surface area contributed by atoms with Crippen molar-refractivity contribution in [1.82, 2.24) is 4.90 Å². The summed E-state index contributed by atoms with van der Waals surface area (Å²) in [7, 11) is 5.22. The Morgan fingerprint density at radius 3 is 2.61 bits per heavy atom. The van der Waals surface area contributed by atoms with Gasteiger partial charge in [-0.05, 0) is 44.0 Å². The predicted octanol–water partition coefficient (Wildman–Crippen LogP) is 2.41. The molecule has 3 rings (SSSR count). The van der Waals surface area contributed by atoms with Gasteiger partial charge in [-0.25, -0.2) is 0 Å². The topological polar surface area (TPSA) is 48.0 Å². The highest BCUT2D eigenvalue weighted by Gasteiger charge is 2.49. The summed E-state index contributed by atoms with van der Waals surface area (Å²) in [6.45, 7) is 0.239. The summed E-state index contributed by atoms with van der Waals surface area (Å²) in [5.41, 5.74) is 1.19. The zero-order valence-electron chi connectivity index (χ0n) is 14.0. The van der Waals surface area contributed by atoms with Crippen LogP contribution in [-0.2, 0) is 14.3 Å². The normalized spacial score (nSPS) is 30.2. The quantitative estimate of drug-likeness (QED) is 0.616. The van der Waals surface area contributed by atoms with Crippen LogP contribution in [0.1, 0.15) is 30.7 Å². The molecule has 2 heterocycles. The molecule has 2 saturated heterocycles. The molecule has 4 atom stereocenters. The second-order valence-corrected chi connectivity index (χ2v) is 6.48. The molecule has 2 fully saturated rings. The van der Waals surface area contributed by atoms with E-state index in [2.05, 4.69) is 24.1 Å². The lowest BCUT2D eigenvalue weighted by molar-refractivity contribution is -0.150. The highest BCUT2D eigenvalue weighted by molar-refractivity contribution is 5.75. The van der Waals surface area contributed by atoms with Gasteiger partial charge in [0, 0.05) is 25.1 Å². The molecule has 0 saturated carbocycles. The average molecular weight is 319 g/mol. The zero-order chi connectivity index (χ0) is 16.4. The molecular formula is C18H25NO4. The van der Waals surface area contributed by atoms with Gasteiger partial charge in [0.15, 0.2) is 6.79 Å². The summed E-state index contributed by atoms with van der Waals surface area (Å²) in [5.74, 6) is 0.815. The van der Waals surface area contributed by atoms with Crippen LogP contribution in [-0.4, -0.2) is 51.0 Å². The lowest BCUT2D eigenvalue weighted by Crippen LogP contribution is -2.49. The SMILES string of the molecule is COCOc1ccc([C@H]2C[C@@H]3CC[C@H]([C@H]2C(=O)OC)N3C)cc1. The molecule has 0 unspecified atom stereocenters. The maximum absolute atomic E-state index is 12.4. The van der Waals surface area contributed by atoms with E-state index in [4.69, 9.17) is 14.2 Å². The molecule has 1 aromatic carbocycles. The fourth-order valence-electron chi connectivity index (χ4n) is 4.21. The van der Waals surface area contributed by atoms with Crippen LogP contribution in [0, 0.1) is 5.92 Å². The van der Waals surface area contributed by atoms with Gasteiger partial charge >= 0.3 is 5.97 Å². The first-order valence-corrected chi connectivity index (χ1v) is 8.17. The van der Waals surface area contributed by atoms with Crippen molar-refractivity contribution >= 4 is 5.97 Å². The van der Waals surface area contributed by atoms with E-state index in [0.717, 1.165) is 18.6 Å². The van der Waals surface area contributed by atoms with E-state index >= 15 is 0 Å². The van der Waals surface area contributed by atoms with Gasteiger partial charge in [-0.2, -0.15) is 0 Å². The Morgan fingerprint density at radius 2 is 1.96 bits per heavy atom. The first-order chi connectivity index (χ1) is 11.2. The van der Waals surface area contributed by atoms with Crippen molar-refractivity contribution in [1.29, 1.82) is 0 Å². The van der Waals surface area contributed by atoms with Gasteiger partial charge < -0.3 is 14.2 Å². The Balaban J connectivity index is 1.83. The van der Waals surface area contributed by atoms with E-state index in [9.17, 15) is 4.79 Å². The second-order valence-electron chi connectivity index (χ2n) is 6.48. The van der Waals surface area contributed by atoms with Gasteiger partial charge in [0.1, 0.15) is 5.75 Å². The van der Waals surface area contributed by atoms with Gasteiger partial charge in [-0.1, -0.05) is 12.1 Å². The number of hydrogen-bond donors (Lipinski definition) is 0. The number of carbonyl (C=O) groups is 1. The molecule has 0 aromatic heterocycles. The minimum atomic E-state index is -0.0908. The van der Waals surface area contributed by atoms with E-state index in [1.54, 1.807) is 7.11 Å². The predicted molar refractivity (Wildman–Crippen MR) is 86.4 cm³/mol. The van der Waals surface area contributed by atoms with Gasteiger partial charge in [0.05, 0.1) is 13.0 Å². The summed E-state index contributed by atoms with van der Waals surface area (Å²) < 4.78 is 15.5. The van der Waals surface area contributed by atoms with Gasteiger partial charge in [0.2, 0.25) is 0 Å². The number of hydrogen-bond acceptors (Lipinski definition) is 5. The van der Waals surface area contributed by atoms with Crippen molar-refractivity contribution in [2.45, 2.75) is 37.3 Å². The number of methoxy groups -OCH3 is 2. The molecule has 5 nitrogen and oxygen atoms in total. The number of benzene rings is 1. The molecular weight excluding hydrogens is 294 g/mol. The molecule has 0 spiro atoms. The van der Waals surface area contributed by atoms with Crippen LogP contribution in [0.5, 0.6) is 5.75 Å². The average Bonchev–Trinajstić information content (AvgIpc) is 2.82. The number of rotatable bonds is 5. The number of nitrogens with zero attached hydrogens (tertiary/aromatic N) is 1.